The summed E-state index contributed by atoms with van der Waals surface area (Å²) in [6.07, 6.45) is 1.75. The Hall–Kier alpha value is -2.78. The molecule has 0 saturated carbocycles. The highest BCUT2D eigenvalue weighted by Gasteiger charge is 2.28. The molecule has 2 aliphatic heterocycles. The molecule has 0 unspecified atom stereocenters. The van der Waals surface area contributed by atoms with Gasteiger partial charge in [0.25, 0.3) is 0 Å². The van der Waals surface area contributed by atoms with E-state index in [1.807, 2.05) is 37.3 Å². The number of carbonyl (C=O) groups excluding carboxylic acids is 1. The van der Waals surface area contributed by atoms with Gasteiger partial charge in [0.2, 0.25) is 0 Å². The Morgan fingerprint density at radius 2 is 2.00 bits per heavy atom. The zero-order chi connectivity index (χ0) is 25.2. The van der Waals surface area contributed by atoms with Crippen molar-refractivity contribution in [2.45, 2.75) is 38.5 Å². The molecule has 0 bridgehead atoms. The Balaban J connectivity index is 1.40. The number of ether oxygens (including phenoxy) is 2. The number of piperidine rings is 1. The summed E-state index contributed by atoms with van der Waals surface area (Å²) in [5.41, 5.74) is 10.3. The molecule has 0 amide bonds. The zero-order valence-electron chi connectivity index (χ0n) is 20.5. The summed E-state index contributed by atoms with van der Waals surface area (Å²) in [5, 5.41) is 4.99. The second-order valence-corrected chi connectivity index (χ2v) is 10.7. The molecule has 1 aromatic heterocycles. The van der Waals surface area contributed by atoms with E-state index in [1.54, 1.807) is 0 Å². The van der Waals surface area contributed by atoms with Crippen LogP contribution < -0.4 is 20.7 Å². The first-order valence-electron chi connectivity index (χ1n) is 12.2. The predicted molar refractivity (Wildman–Crippen MR) is 146 cm³/mol. The number of anilines is 3. The smallest absolute Gasteiger partial charge is 0.351 e. The van der Waals surface area contributed by atoms with E-state index in [2.05, 4.69) is 33.3 Å². The van der Waals surface area contributed by atoms with Crippen molar-refractivity contribution >= 4 is 45.3 Å². The van der Waals surface area contributed by atoms with Gasteiger partial charge >= 0.3 is 5.97 Å². The lowest BCUT2D eigenvalue weighted by atomic mass is 10.0. The molecule has 190 valence electrons. The standard InChI is InChI=1S/C27H31ClN4O3S/c1-17(20-5-3-4-6-21(20)28)35-24-14-25(36-26(24)27(33)34-2)32-16-30-22-8-7-18(13-23(22)32)15-31-11-9-19(29)10-12-31/h3-8,13-14,17,19,30H,9-12,15-16,29H2,1-2H3/t17-/m1/s1. The number of nitrogens with zero attached hydrogens (tertiary/aromatic N) is 2. The number of nitrogens with two attached hydrogens (primary N) is 1. The molecule has 3 aromatic rings. The van der Waals surface area contributed by atoms with Gasteiger partial charge in [0.05, 0.1) is 25.2 Å². The van der Waals surface area contributed by atoms with E-state index in [1.165, 1.54) is 24.0 Å². The molecule has 3 heterocycles. The van der Waals surface area contributed by atoms with E-state index in [9.17, 15) is 4.79 Å². The first-order valence-corrected chi connectivity index (χ1v) is 13.4. The summed E-state index contributed by atoms with van der Waals surface area (Å²) < 4.78 is 11.3. The lowest BCUT2D eigenvalue weighted by molar-refractivity contribution is 0.0600. The lowest BCUT2D eigenvalue weighted by Crippen LogP contribution is -2.39. The van der Waals surface area contributed by atoms with Crippen molar-refractivity contribution in [2.75, 3.05) is 37.1 Å². The molecule has 2 aromatic carbocycles. The minimum absolute atomic E-state index is 0.320. The van der Waals surface area contributed by atoms with Gasteiger partial charge in [0, 0.05) is 29.2 Å². The van der Waals surface area contributed by atoms with Crippen LogP contribution >= 0.6 is 22.9 Å². The van der Waals surface area contributed by atoms with Gasteiger partial charge in [-0.15, -0.1) is 11.3 Å². The molecule has 5 rings (SSSR count). The number of hydrogen-bond acceptors (Lipinski definition) is 8. The normalized spacial score (nSPS) is 16.9. The number of rotatable bonds is 7. The third kappa shape index (κ3) is 5.18. The van der Waals surface area contributed by atoms with Crippen molar-refractivity contribution in [1.29, 1.82) is 0 Å². The minimum atomic E-state index is -0.419. The summed E-state index contributed by atoms with van der Waals surface area (Å²) in [5.74, 6) is 0.0700. The summed E-state index contributed by atoms with van der Waals surface area (Å²) in [4.78, 5) is 17.7. The van der Waals surface area contributed by atoms with Crippen molar-refractivity contribution in [3.8, 4) is 5.75 Å². The van der Waals surface area contributed by atoms with Gasteiger partial charge in [-0.25, -0.2) is 4.79 Å². The van der Waals surface area contributed by atoms with Crippen LogP contribution in [-0.4, -0.2) is 43.8 Å². The molecule has 3 N–H and O–H groups in total. The van der Waals surface area contributed by atoms with Crippen LogP contribution in [0.25, 0.3) is 0 Å². The molecule has 7 nitrogen and oxygen atoms in total. The average molecular weight is 527 g/mol. The van der Waals surface area contributed by atoms with Crippen LogP contribution in [0.3, 0.4) is 0 Å². The lowest BCUT2D eigenvalue weighted by Gasteiger charge is -2.30. The number of thiophene rings is 1. The van der Waals surface area contributed by atoms with Gasteiger partial charge < -0.3 is 25.4 Å². The number of fused-ring (bicyclic) bond motifs is 1. The van der Waals surface area contributed by atoms with Crippen molar-refractivity contribution in [2.24, 2.45) is 5.73 Å². The molecule has 0 radical (unpaired) electrons. The summed E-state index contributed by atoms with van der Waals surface area (Å²) in [6, 6.07) is 16.3. The first-order chi connectivity index (χ1) is 17.4. The summed E-state index contributed by atoms with van der Waals surface area (Å²) in [7, 11) is 1.38. The fraction of sp³-hybridized carbons (Fsp3) is 0.370. The van der Waals surface area contributed by atoms with E-state index in [4.69, 9.17) is 26.8 Å². The fourth-order valence-electron chi connectivity index (χ4n) is 4.74. The molecule has 36 heavy (non-hydrogen) atoms. The highest BCUT2D eigenvalue weighted by Crippen LogP contribution is 2.45. The van der Waals surface area contributed by atoms with Crippen LogP contribution in [0.15, 0.2) is 48.5 Å². The SMILES string of the molecule is COC(=O)c1sc(N2CNc3ccc(CN4CCC(N)CC4)cc32)cc1O[C@H](C)c1ccccc1Cl. The van der Waals surface area contributed by atoms with Gasteiger partial charge in [0.1, 0.15) is 16.9 Å². The van der Waals surface area contributed by atoms with Crippen LogP contribution in [0, 0.1) is 0 Å². The van der Waals surface area contributed by atoms with Crippen LogP contribution in [0.1, 0.15) is 46.7 Å². The van der Waals surface area contributed by atoms with E-state index in [0.29, 0.717) is 28.4 Å². The minimum Gasteiger partial charge on any atom is -0.484 e. The van der Waals surface area contributed by atoms with Gasteiger partial charge in [-0.3, -0.25) is 4.90 Å². The Labute approximate surface area is 220 Å². The van der Waals surface area contributed by atoms with Gasteiger partial charge in [-0.2, -0.15) is 0 Å². The Kier molecular flexibility index (Phi) is 7.39. The molecule has 1 saturated heterocycles. The van der Waals surface area contributed by atoms with Crippen LogP contribution in [0.5, 0.6) is 5.75 Å². The Morgan fingerprint density at radius 3 is 2.75 bits per heavy atom. The van der Waals surface area contributed by atoms with Gasteiger partial charge in [-0.05, 0) is 56.6 Å². The highest BCUT2D eigenvalue weighted by molar-refractivity contribution is 7.18. The first kappa shape index (κ1) is 24.9. The number of nitrogens with one attached hydrogen (secondary N) is 1. The van der Waals surface area contributed by atoms with Gasteiger partial charge in [0.15, 0.2) is 4.88 Å². The molecule has 0 aliphatic carbocycles. The molecule has 1 fully saturated rings. The number of hydrogen-bond donors (Lipinski definition) is 2. The number of carbonyl (C=O) groups is 1. The van der Waals surface area contributed by atoms with E-state index >= 15 is 0 Å². The van der Waals surface area contributed by atoms with Crippen LogP contribution in [0.2, 0.25) is 5.02 Å². The third-order valence-electron chi connectivity index (χ3n) is 6.79. The van der Waals surface area contributed by atoms with E-state index < -0.39 is 5.97 Å². The Morgan fingerprint density at radius 1 is 1.22 bits per heavy atom. The number of benzene rings is 2. The molecule has 9 heteroatoms. The van der Waals surface area contributed by atoms with Crippen LogP contribution in [0.4, 0.5) is 16.4 Å². The van der Waals surface area contributed by atoms with Crippen molar-refractivity contribution in [1.82, 2.24) is 4.90 Å². The fourth-order valence-corrected chi connectivity index (χ4v) is 6.05. The monoisotopic (exact) mass is 526 g/mol. The maximum Gasteiger partial charge on any atom is 0.351 e. The number of likely N-dealkylation sites (tertiary alicyclic amines) is 1. The molecule has 1 atom stereocenters. The topological polar surface area (TPSA) is 80.1 Å². The second kappa shape index (κ2) is 10.7. The second-order valence-electron chi connectivity index (χ2n) is 9.28. The van der Waals surface area contributed by atoms with Crippen LogP contribution in [-0.2, 0) is 11.3 Å². The molecular formula is C27H31ClN4O3S. The number of halogens is 1. The summed E-state index contributed by atoms with van der Waals surface area (Å²) in [6.45, 7) is 5.48. The molecule has 0 spiro atoms. The zero-order valence-corrected chi connectivity index (χ0v) is 22.1. The Bertz CT molecular complexity index is 1240. The van der Waals surface area contributed by atoms with Crippen molar-refractivity contribution in [3.05, 3.63) is 69.6 Å². The van der Waals surface area contributed by atoms with E-state index in [-0.39, 0.29) is 6.10 Å². The molecular weight excluding hydrogens is 496 g/mol. The highest BCUT2D eigenvalue weighted by atomic mass is 35.5. The van der Waals surface area contributed by atoms with Crippen molar-refractivity contribution < 1.29 is 14.3 Å². The maximum atomic E-state index is 12.6. The third-order valence-corrected chi connectivity index (χ3v) is 8.25. The quantitative estimate of drug-likeness (QED) is 0.378. The maximum absolute atomic E-state index is 12.6. The van der Waals surface area contributed by atoms with E-state index in [0.717, 1.165) is 54.4 Å². The molecule has 2 aliphatic rings. The number of methoxy groups -OCH3 is 1. The number of esters is 1. The largest absolute Gasteiger partial charge is 0.484 e. The van der Waals surface area contributed by atoms with Gasteiger partial charge in [-0.1, -0.05) is 35.9 Å². The predicted octanol–water partition coefficient (Wildman–Crippen LogP) is 5.77. The summed E-state index contributed by atoms with van der Waals surface area (Å²) >= 11 is 7.74. The average Bonchev–Trinajstić information content (AvgIpc) is 3.49. The van der Waals surface area contributed by atoms with Crippen molar-refractivity contribution in [3.63, 3.8) is 0 Å².